The van der Waals surface area contributed by atoms with Gasteiger partial charge in [-0.1, -0.05) is 66.4 Å². The fourth-order valence-electron chi connectivity index (χ4n) is 3.60. The highest BCUT2D eigenvalue weighted by molar-refractivity contribution is 7.99. The van der Waals surface area contributed by atoms with E-state index in [2.05, 4.69) is 15.4 Å². The summed E-state index contributed by atoms with van der Waals surface area (Å²) in [6.45, 7) is 0.403. The molecule has 0 bridgehead atoms. The molecule has 0 aliphatic carbocycles. The fraction of sp³-hybridized carbons (Fsp3) is 0.115. The van der Waals surface area contributed by atoms with Gasteiger partial charge in [0.2, 0.25) is 5.91 Å². The maximum absolute atomic E-state index is 12.8. The summed E-state index contributed by atoms with van der Waals surface area (Å²) >= 11 is 1.24. The van der Waals surface area contributed by atoms with Crippen molar-refractivity contribution in [2.75, 3.05) is 12.9 Å². The van der Waals surface area contributed by atoms with E-state index >= 15 is 0 Å². The number of rotatable bonds is 7. The molecule has 3 aromatic carbocycles. The molecule has 0 spiro atoms. The standard InChI is InChI=1S/C26H21N5O3S/c1-34-19-13-11-17(12-14-19)15-27-22(32)16-35-26-28-21-10-6-5-9-20(21)24-29-25(33)23(30-31(24)26)18-7-3-2-4-8-18/h2-14H,15-16H2,1H3,(H,27,32). The smallest absolute Gasteiger partial charge is 0.300 e. The number of amides is 1. The Hall–Kier alpha value is -4.24. The molecule has 1 N–H and O–H groups in total. The second-order valence-electron chi connectivity index (χ2n) is 7.69. The van der Waals surface area contributed by atoms with Gasteiger partial charge in [-0.05, 0) is 29.8 Å². The number of ether oxygens (including phenoxy) is 1. The Morgan fingerprint density at radius 1 is 0.971 bits per heavy atom. The molecule has 9 heteroatoms. The van der Waals surface area contributed by atoms with E-state index in [1.807, 2.05) is 78.9 Å². The van der Waals surface area contributed by atoms with Crippen LogP contribution in [0.4, 0.5) is 0 Å². The van der Waals surface area contributed by atoms with Crippen LogP contribution in [0.15, 0.2) is 88.8 Å². The third kappa shape index (κ3) is 4.85. The van der Waals surface area contributed by atoms with Gasteiger partial charge in [-0.2, -0.15) is 14.6 Å². The van der Waals surface area contributed by atoms with Crippen LogP contribution in [0.3, 0.4) is 0 Å². The van der Waals surface area contributed by atoms with Gasteiger partial charge in [0, 0.05) is 17.5 Å². The normalized spacial score (nSPS) is 11.0. The Bertz CT molecular complexity index is 1570. The monoisotopic (exact) mass is 483 g/mol. The Kier molecular flexibility index (Phi) is 6.40. The average molecular weight is 484 g/mol. The second kappa shape index (κ2) is 9.94. The van der Waals surface area contributed by atoms with Gasteiger partial charge in [-0.25, -0.2) is 4.98 Å². The van der Waals surface area contributed by atoms with Crippen LogP contribution in [0, 0.1) is 0 Å². The van der Waals surface area contributed by atoms with Gasteiger partial charge >= 0.3 is 0 Å². The zero-order valence-electron chi connectivity index (χ0n) is 18.8. The van der Waals surface area contributed by atoms with Gasteiger partial charge in [0.25, 0.3) is 5.56 Å². The summed E-state index contributed by atoms with van der Waals surface area (Å²) in [6.07, 6.45) is 0. The maximum Gasteiger partial charge on any atom is 0.300 e. The molecular formula is C26H21N5O3S. The van der Waals surface area contributed by atoms with Crippen molar-refractivity contribution in [1.82, 2.24) is 24.9 Å². The molecule has 8 nitrogen and oxygen atoms in total. The first-order chi connectivity index (χ1) is 17.1. The van der Waals surface area contributed by atoms with E-state index in [9.17, 15) is 9.59 Å². The number of aromatic nitrogens is 4. The van der Waals surface area contributed by atoms with Crippen LogP contribution in [-0.4, -0.2) is 38.4 Å². The van der Waals surface area contributed by atoms with Crippen LogP contribution in [0.2, 0.25) is 0 Å². The second-order valence-corrected chi connectivity index (χ2v) is 8.63. The summed E-state index contributed by atoms with van der Waals surface area (Å²) in [4.78, 5) is 34.4. The van der Waals surface area contributed by atoms with Gasteiger partial charge in [-0.15, -0.1) is 0 Å². The first-order valence-corrected chi connectivity index (χ1v) is 11.9. The summed E-state index contributed by atoms with van der Waals surface area (Å²) in [5.41, 5.74) is 2.53. The summed E-state index contributed by atoms with van der Waals surface area (Å²) in [6, 6.07) is 24.1. The zero-order valence-corrected chi connectivity index (χ0v) is 19.7. The van der Waals surface area contributed by atoms with Gasteiger partial charge in [0.15, 0.2) is 16.5 Å². The number of hydrogen-bond donors (Lipinski definition) is 1. The molecule has 0 saturated heterocycles. The number of benzene rings is 3. The molecule has 2 heterocycles. The number of carbonyl (C=O) groups is 1. The van der Waals surface area contributed by atoms with Gasteiger partial charge < -0.3 is 10.1 Å². The van der Waals surface area contributed by atoms with Gasteiger partial charge in [-0.3, -0.25) is 9.59 Å². The SMILES string of the molecule is COc1ccc(CNC(=O)CSc2nc3ccccc3c3nc(=O)c(-c4ccccc4)nn23)cc1. The molecule has 0 fully saturated rings. The molecule has 5 aromatic rings. The first-order valence-electron chi connectivity index (χ1n) is 10.9. The highest BCUT2D eigenvalue weighted by Crippen LogP contribution is 2.24. The molecular weight excluding hydrogens is 462 g/mol. The lowest BCUT2D eigenvalue weighted by molar-refractivity contribution is -0.118. The van der Waals surface area contributed by atoms with Crippen LogP contribution in [-0.2, 0) is 11.3 Å². The lowest BCUT2D eigenvalue weighted by Gasteiger charge is -2.11. The Morgan fingerprint density at radius 3 is 2.49 bits per heavy atom. The predicted octanol–water partition coefficient (Wildman–Crippen LogP) is 3.72. The lowest BCUT2D eigenvalue weighted by Crippen LogP contribution is -2.25. The summed E-state index contributed by atoms with van der Waals surface area (Å²) < 4.78 is 6.71. The van der Waals surface area contributed by atoms with Gasteiger partial charge in [0.1, 0.15) is 5.75 Å². The van der Waals surface area contributed by atoms with E-state index in [1.165, 1.54) is 11.8 Å². The summed E-state index contributed by atoms with van der Waals surface area (Å²) in [5.74, 6) is 0.746. The van der Waals surface area contributed by atoms with Crippen molar-refractivity contribution >= 4 is 34.2 Å². The van der Waals surface area contributed by atoms with E-state index in [4.69, 9.17) is 9.72 Å². The van der Waals surface area contributed by atoms with E-state index in [-0.39, 0.29) is 17.4 Å². The number of thioether (sulfide) groups is 1. The third-order valence-corrected chi connectivity index (χ3v) is 6.31. The van der Waals surface area contributed by atoms with Crippen molar-refractivity contribution < 1.29 is 9.53 Å². The summed E-state index contributed by atoms with van der Waals surface area (Å²) in [5, 5.41) is 8.70. The highest BCUT2D eigenvalue weighted by Gasteiger charge is 2.16. The molecule has 1 amide bonds. The minimum absolute atomic E-state index is 0.130. The molecule has 2 aromatic heterocycles. The maximum atomic E-state index is 12.8. The van der Waals surface area contributed by atoms with Crippen LogP contribution in [0.25, 0.3) is 27.8 Å². The first kappa shape index (κ1) is 22.5. The van der Waals surface area contributed by atoms with Crippen molar-refractivity contribution in [3.05, 3.63) is 94.8 Å². The number of carbonyl (C=O) groups excluding carboxylic acids is 1. The van der Waals surface area contributed by atoms with E-state index in [1.54, 1.807) is 11.6 Å². The zero-order chi connectivity index (χ0) is 24.2. The van der Waals surface area contributed by atoms with Crippen molar-refractivity contribution in [2.45, 2.75) is 11.7 Å². The molecule has 0 unspecified atom stereocenters. The number of para-hydroxylation sites is 1. The van der Waals surface area contributed by atoms with E-state index in [0.717, 1.165) is 11.3 Å². The molecule has 0 atom stereocenters. The third-order valence-electron chi connectivity index (χ3n) is 5.38. The molecule has 5 rings (SSSR count). The van der Waals surface area contributed by atoms with Crippen molar-refractivity contribution in [1.29, 1.82) is 0 Å². The van der Waals surface area contributed by atoms with Crippen molar-refractivity contribution in [3.8, 4) is 17.0 Å². The largest absolute Gasteiger partial charge is 0.497 e. The number of nitrogens with zero attached hydrogens (tertiary/aromatic N) is 4. The van der Waals surface area contributed by atoms with Crippen LogP contribution < -0.4 is 15.6 Å². The van der Waals surface area contributed by atoms with Crippen LogP contribution >= 0.6 is 11.8 Å². The lowest BCUT2D eigenvalue weighted by atomic mass is 10.2. The Balaban J connectivity index is 1.43. The highest BCUT2D eigenvalue weighted by atomic mass is 32.2. The molecule has 0 aliphatic rings. The Labute approximate surface area is 205 Å². The fourth-order valence-corrected chi connectivity index (χ4v) is 4.38. The Morgan fingerprint density at radius 2 is 1.71 bits per heavy atom. The quantitative estimate of drug-likeness (QED) is 0.214. The minimum Gasteiger partial charge on any atom is -0.497 e. The number of hydrogen-bond acceptors (Lipinski definition) is 7. The van der Waals surface area contributed by atoms with Crippen LogP contribution in [0.5, 0.6) is 5.75 Å². The van der Waals surface area contributed by atoms with Crippen LogP contribution in [0.1, 0.15) is 5.56 Å². The van der Waals surface area contributed by atoms with Crippen molar-refractivity contribution in [2.24, 2.45) is 0 Å². The van der Waals surface area contributed by atoms with E-state index < -0.39 is 5.56 Å². The molecule has 0 radical (unpaired) electrons. The van der Waals surface area contributed by atoms with Gasteiger partial charge in [0.05, 0.1) is 18.4 Å². The molecule has 0 saturated carbocycles. The number of fused-ring (bicyclic) bond motifs is 3. The molecule has 174 valence electrons. The minimum atomic E-state index is -0.416. The van der Waals surface area contributed by atoms with Crippen molar-refractivity contribution in [3.63, 3.8) is 0 Å². The topological polar surface area (TPSA) is 98.5 Å². The predicted molar refractivity (Wildman–Crippen MR) is 136 cm³/mol. The number of methoxy groups -OCH3 is 1. The van der Waals surface area contributed by atoms with E-state index in [0.29, 0.717) is 33.8 Å². The molecule has 35 heavy (non-hydrogen) atoms. The summed E-state index contributed by atoms with van der Waals surface area (Å²) in [7, 11) is 1.61. The number of nitrogens with one attached hydrogen (secondary N) is 1. The average Bonchev–Trinajstić information content (AvgIpc) is 2.91. The molecule has 0 aliphatic heterocycles.